The maximum Gasteiger partial charge on any atom is 0.246 e. The van der Waals surface area contributed by atoms with E-state index < -0.39 is 0 Å². The lowest BCUT2D eigenvalue weighted by Gasteiger charge is -2.37. The van der Waals surface area contributed by atoms with E-state index in [0.717, 1.165) is 33.2 Å². The van der Waals surface area contributed by atoms with E-state index in [1.54, 1.807) is 17.4 Å². The van der Waals surface area contributed by atoms with Gasteiger partial charge in [-0.15, -0.1) is 11.3 Å². The lowest BCUT2D eigenvalue weighted by Crippen LogP contribution is -2.52. The first-order valence-corrected chi connectivity index (χ1v) is 10.9. The molecule has 2 heterocycles. The van der Waals surface area contributed by atoms with Gasteiger partial charge in [-0.25, -0.2) is 0 Å². The number of nitrogens with zero attached hydrogens (tertiary/aromatic N) is 2. The summed E-state index contributed by atoms with van der Waals surface area (Å²) in [6, 6.07) is 11.8. The number of hydrogen-bond donors (Lipinski definition) is 0. The topological polar surface area (TPSA) is 40.6 Å². The highest BCUT2D eigenvalue weighted by atomic mass is 35.5. The molecule has 1 saturated carbocycles. The zero-order valence-electron chi connectivity index (χ0n) is 15.6. The van der Waals surface area contributed by atoms with E-state index in [9.17, 15) is 9.59 Å². The predicted molar refractivity (Wildman–Crippen MR) is 114 cm³/mol. The van der Waals surface area contributed by atoms with Crippen molar-refractivity contribution in [3.8, 4) is 10.4 Å². The molecule has 2 aliphatic rings. The second-order valence-electron chi connectivity index (χ2n) is 7.29. The normalized spacial score (nSPS) is 17.8. The average molecular weight is 415 g/mol. The summed E-state index contributed by atoms with van der Waals surface area (Å²) in [6.07, 6.45) is 6.71. The molecule has 1 aliphatic carbocycles. The lowest BCUT2D eigenvalue weighted by molar-refractivity contribution is -0.142. The van der Waals surface area contributed by atoms with Crippen molar-refractivity contribution in [1.29, 1.82) is 0 Å². The number of carbonyl (C=O) groups excluding carboxylic acids is 2. The molecule has 1 saturated heterocycles. The van der Waals surface area contributed by atoms with E-state index in [0.29, 0.717) is 26.2 Å². The Morgan fingerprint density at radius 1 is 1.00 bits per heavy atom. The van der Waals surface area contributed by atoms with Crippen molar-refractivity contribution in [2.24, 2.45) is 5.92 Å². The highest BCUT2D eigenvalue weighted by Crippen LogP contribution is 2.33. The SMILES string of the molecule is O=C(/C=C/c1ccc(-c2ccccc2Cl)s1)N1CCN(C(=O)C2CCC2)CC1. The maximum atomic E-state index is 12.5. The Bertz CT molecular complexity index is 895. The number of hydrogen-bond acceptors (Lipinski definition) is 3. The molecule has 2 amide bonds. The third-order valence-corrected chi connectivity index (χ3v) is 6.93. The Kier molecular flexibility index (Phi) is 5.83. The third kappa shape index (κ3) is 4.15. The van der Waals surface area contributed by atoms with Crippen LogP contribution in [0.1, 0.15) is 24.1 Å². The molecular weight excluding hydrogens is 392 g/mol. The number of thiophene rings is 1. The summed E-state index contributed by atoms with van der Waals surface area (Å²) < 4.78 is 0. The van der Waals surface area contributed by atoms with E-state index in [1.165, 1.54) is 6.42 Å². The van der Waals surface area contributed by atoms with Crippen molar-refractivity contribution in [3.63, 3.8) is 0 Å². The zero-order valence-corrected chi connectivity index (χ0v) is 17.2. The highest BCUT2D eigenvalue weighted by molar-refractivity contribution is 7.16. The van der Waals surface area contributed by atoms with Crippen LogP contribution in [-0.4, -0.2) is 47.8 Å². The molecule has 2 aromatic rings. The Balaban J connectivity index is 1.32. The lowest BCUT2D eigenvalue weighted by atomic mass is 9.84. The number of rotatable bonds is 4. The molecule has 146 valence electrons. The minimum atomic E-state index is 0.00318. The fourth-order valence-electron chi connectivity index (χ4n) is 3.57. The van der Waals surface area contributed by atoms with Crippen molar-refractivity contribution in [3.05, 3.63) is 52.4 Å². The van der Waals surface area contributed by atoms with Gasteiger partial charge in [0.1, 0.15) is 0 Å². The van der Waals surface area contributed by atoms with Crippen molar-refractivity contribution >= 4 is 40.8 Å². The van der Waals surface area contributed by atoms with Crippen molar-refractivity contribution < 1.29 is 9.59 Å². The molecule has 6 heteroatoms. The highest BCUT2D eigenvalue weighted by Gasteiger charge is 2.31. The number of amides is 2. The van der Waals surface area contributed by atoms with Crippen LogP contribution in [0.4, 0.5) is 0 Å². The van der Waals surface area contributed by atoms with Gasteiger partial charge in [-0.2, -0.15) is 0 Å². The van der Waals surface area contributed by atoms with E-state index in [4.69, 9.17) is 11.6 Å². The van der Waals surface area contributed by atoms with Gasteiger partial charge in [0.2, 0.25) is 11.8 Å². The molecule has 2 fully saturated rings. The molecule has 1 aromatic heterocycles. The Morgan fingerprint density at radius 2 is 1.71 bits per heavy atom. The van der Waals surface area contributed by atoms with Gasteiger partial charge in [-0.1, -0.05) is 36.2 Å². The Hall–Kier alpha value is -2.11. The number of halogens is 1. The van der Waals surface area contributed by atoms with Crippen LogP contribution in [0.2, 0.25) is 5.02 Å². The number of piperazine rings is 1. The van der Waals surface area contributed by atoms with Crippen LogP contribution < -0.4 is 0 Å². The van der Waals surface area contributed by atoms with Crippen molar-refractivity contribution in [2.45, 2.75) is 19.3 Å². The largest absolute Gasteiger partial charge is 0.339 e. The number of carbonyl (C=O) groups is 2. The zero-order chi connectivity index (χ0) is 19.5. The van der Waals surface area contributed by atoms with Gasteiger partial charge in [0.05, 0.1) is 0 Å². The smallest absolute Gasteiger partial charge is 0.246 e. The molecule has 0 N–H and O–H groups in total. The predicted octanol–water partition coefficient (Wildman–Crippen LogP) is 4.55. The van der Waals surface area contributed by atoms with Gasteiger partial charge in [0.15, 0.2) is 0 Å². The van der Waals surface area contributed by atoms with Gasteiger partial charge in [-0.05, 0) is 37.1 Å². The first-order chi connectivity index (χ1) is 13.6. The summed E-state index contributed by atoms with van der Waals surface area (Å²) in [4.78, 5) is 30.7. The first kappa shape index (κ1) is 19.2. The van der Waals surface area contributed by atoms with E-state index in [-0.39, 0.29) is 17.7 Å². The minimum absolute atomic E-state index is 0.00318. The fraction of sp³-hybridized carbons (Fsp3) is 0.364. The van der Waals surface area contributed by atoms with Crippen LogP contribution >= 0.6 is 22.9 Å². The second kappa shape index (κ2) is 8.50. The first-order valence-electron chi connectivity index (χ1n) is 9.72. The van der Waals surface area contributed by atoms with Gasteiger partial charge in [0.25, 0.3) is 0 Å². The van der Waals surface area contributed by atoms with Crippen LogP contribution in [0, 0.1) is 5.92 Å². The summed E-state index contributed by atoms with van der Waals surface area (Å²) in [7, 11) is 0. The maximum absolute atomic E-state index is 12.5. The second-order valence-corrected chi connectivity index (χ2v) is 8.82. The van der Waals surface area contributed by atoms with Gasteiger partial charge < -0.3 is 9.80 Å². The molecule has 1 aromatic carbocycles. The van der Waals surface area contributed by atoms with E-state index in [2.05, 4.69) is 0 Å². The summed E-state index contributed by atoms with van der Waals surface area (Å²) >= 11 is 7.87. The summed E-state index contributed by atoms with van der Waals surface area (Å²) in [5.74, 6) is 0.510. The minimum Gasteiger partial charge on any atom is -0.339 e. The van der Waals surface area contributed by atoms with Crippen molar-refractivity contribution in [1.82, 2.24) is 9.80 Å². The molecule has 28 heavy (non-hydrogen) atoms. The van der Waals surface area contributed by atoms with E-state index >= 15 is 0 Å². The molecule has 0 radical (unpaired) electrons. The molecule has 0 atom stereocenters. The molecule has 4 nitrogen and oxygen atoms in total. The van der Waals surface area contributed by atoms with Gasteiger partial charge in [0, 0.05) is 58.5 Å². The van der Waals surface area contributed by atoms with Gasteiger partial charge in [-0.3, -0.25) is 9.59 Å². The molecule has 1 aliphatic heterocycles. The Labute approximate surface area is 174 Å². The fourth-order valence-corrected chi connectivity index (χ4v) is 4.81. The third-order valence-electron chi connectivity index (χ3n) is 5.51. The monoisotopic (exact) mass is 414 g/mol. The molecule has 4 rings (SSSR count). The average Bonchev–Trinajstić information content (AvgIpc) is 3.14. The van der Waals surface area contributed by atoms with Crippen molar-refractivity contribution in [2.75, 3.05) is 26.2 Å². The summed E-state index contributed by atoms with van der Waals surface area (Å²) in [6.45, 7) is 2.50. The van der Waals surface area contributed by atoms with Crippen LogP contribution in [0.25, 0.3) is 16.5 Å². The summed E-state index contributed by atoms with van der Waals surface area (Å²) in [5, 5.41) is 0.727. The van der Waals surface area contributed by atoms with Gasteiger partial charge >= 0.3 is 0 Å². The number of benzene rings is 1. The van der Waals surface area contributed by atoms with Crippen LogP contribution in [0.5, 0.6) is 0 Å². The summed E-state index contributed by atoms with van der Waals surface area (Å²) in [5.41, 5.74) is 1.01. The Morgan fingerprint density at radius 3 is 2.39 bits per heavy atom. The van der Waals surface area contributed by atoms with E-state index in [1.807, 2.05) is 52.3 Å². The standard InChI is InChI=1S/C22H23ClN2O2S/c23-19-7-2-1-6-18(19)20-10-8-17(28-20)9-11-21(26)24-12-14-25(15-13-24)22(27)16-4-3-5-16/h1-2,6-11,16H,3-5,12-15H2/b11-9+. The molecule has 0 unspecified atom stereocenters. The van der Waals surface area contributed by atoms with Crippen LogP contribution in [-0.2, 0) is 9.59 Å². The van der Waals surface area contributed by atoms with Crippen LogP contribution in [0.15, 0.2) is 42.5 Å². The quantitative estimate of drug-likeness (QED) is 0.688. The molecule has 0 spiro atoms. The van der Waals surface area contributed by atoms with Crippen LogP contribution in [0.3, 0.4) is 0 Å². The molecular formula is C22H23ClN2O2S. The molecule has 0 bridgehead atoms.